The van der Waals surface area contributed by atoms with Gasteiger partial charge in [-0.3, -0.25) is 9.80 Å². The van der Waals surface area contributed by atoms with Gasteiger partial charge in [0.1, 0.15) is 0 Å². The molecule has 0 amide bonds. The van der Waals surface area contributed by atoms with Crippen LogP contribution in [0.2, 0.25) is 0 Å². The van der Waals surface area contributed by atoms with Gasteiger partial charge in [-0.1, -0.05) is 0 Å². The van der Waals surface area contributed by atoms with Crippen molar-refractivity contribution in [3.8, 4) is 0 Å². The standard InChI is InChI=1S/C11H17F3N4S/c1-8-5-17(6-9-4-16-10(15)19-9)2-3-18(8)7-11(12,13)14/h4,8H,2-3,5-7H2,1H3,(H2,15,16). The van der Waals surface area contributed by atoms with Crippen LogP contribution in [-0.4, -0.2) is 53.2 Å². The third-order valence-corrected chi connectivity index (χ3v) is 3.99. The molecule has 0 bridgehead atoms. The lowest BCUT2D eigenvalue weighted by Crippen LogP contribution is -2.53. The molecule has 1 aromatic heterocycles. The molecular formula is C11H17F3N4S. The number of alkyl halides is 3. The summed E-state index contributed by atoms with van der Waals surface area (Å²) in [6, 6.07) is -0.0966. The van der Waals surface area contributed by atoms with E-state index in [9.17, 15) is 13.2 Å². The Hall–Kier alpha value is -0.860. The molecule has 19 heavy (non-hydrogen) atoms. The maximum absolute atomic E-state index is 12.4. The second-order valence-electron chi connectivity index (χ2n) is 4.83. The summed E-state index contributed by atoms with van der Waals surface area (Å²) in [7, 11) is 0. The summed E-state index contributed by atoms with van der Waals surface area (Å²) in [4.78, 5) is 8.65. The van der Waals surface area contributed by atoms with E-state index in [2.05, 4.69) is 9.88 Å². The number of piperazine rings is 1. The molecule has 0 aliphatic carbocycles. The van der Waals surface area contributed by atoms with Crippen molar-refractivity contribution in [1.29, 1.82) is 0 Å². The molecule has 2 rings (SSSR count). The first-order valence-corrected chi connectivity index (χ1v) is 6.88. The second kappa shape index (κ2) is 5.64. The molecule has 1 aliphatic rings. The number of nitrogens with two attached hydrogens (primary N) is 1. The van der Waals surface area contributed by atoms with E-state index in [0.29, 0.717) is 31.3 Å². The summed E-state index contributed by atoms with van der Waals surface area (Å²) in [6.07, 6.45) is -2.39. The van der Waals surface area contributed by atoms with Crippen molar-refractivity contribution in [2.45, 2.75) is 25.7 Å². The number of nitrogen functional groups attached to an aromatic ring is 1. The van der Waals surface area contributed by atoms with Gasteiger partial charge in [0, 0.05) is 43.3 Å². The zero-order valence-electron chi connectivity index (χ0n) is 10.7. The topological polar surface area (TPSA) is 45.4 Å². The van der Waals surface area contributed by atoms with Crippen LogP contribution in [0.25, 0.3) is 0 Å². The molecule has 1 fully saturated rings. The van der Waals surface area contributed by atoms with Crippen LogP contribution >= 0.6 is 11.3 Å². The number of nitrogens with zero attached hydrogens (tertiary/aromatic N) is 3. The Labute approximate surface area is 114 Å². The predicted molar refractivity (Wildman–Crippen MR) is 68.9 cm³/mol. The molecule has 1 atom stereocenters. The highest BCUT2D eigenvalue weighted by Gasteiger charge is 2.34. The molecule has 4 nitrogen and oxygen atoms in total. The van der Waals surface area contributed by atoms with Gasteiger partial charge in [0.25, 0.3) is 0 Å². The first-order valence-electron chi connectivity index (χ1n) is 6.07. The molecule has 0 saturated carbocycles. The molecule has 2 heterocycles. The zero-order valence-corrected chi connectivity index (χ0v) is 11.5. The zero-order chi connectivity index (χ0) is 14.0. The van der Waals surface area contributed by atoms with Crippen LogP contribution < -0.4 is 5.73 Å². The van der Waals surface area contributed by atoms with E-state index < -0.39 is 12.7 Å². The van der Waals surface area contributed by atoms with Crippen LogP contribution in [0.15, 0.2) is 6.20 Å². The van der Waals surface area contributed by atoms with Crippen molar-refractivity contribution in [2.75, 3.05) is 31.9 Å². The summed E-state index contributed by atoms with van der Waals surface area (Å²) >= 11 is 1.42. The van der Waals surface area contributed by atoms with Gasteiger partial charge in [-0.05, 0) is 6.92 Å². The number of anilines is 1. The minimum absolute atomic E-state index is 0.0966. The molecule has 0 radical (unpaired) electrons. The number of thiazole rings is 1. The van der Waals surface area contributed by atoms with Gasteiger partial charge in [-0.15, -0.1) is 11.3 Å². The number of hydrogen-bond donors (Lipinski definition) is 1. The second-order valence-corrected chi connectivity index (χ2v) is 5.98. The smallest absolute Gasteiger partial charge is 0.375 e. The minimum Gasteiger partial charge on any atom is -0.375 e. The Balaban J connectivity index is 1.86. The van der Waals surface area contributed by atoms with Gasteiger partial charge in [0.05, 0.1) is 6.54 Å². The normalized spacial score (nSPS) is 22.8. The van der Waals surface area contributed by atoms with Crippen LogP contribution in [0, 0.1) is 0 Å². The van der Waals surface area contributed by atoms with Crippen molar-refractivity contribution in [1.82, 2.24) is 14.8 Å². The van der Waals surface area contributed by atoms with Crippen LogP contribution in [0.4, 0.5) is 18.3 Å². The molecule has 108 valence electrons. The van der Waals surface area contributed by atoms with Crippen LogP contribution in [0.5, 0.6) is 0 Å². The van der Waals surface area contributed by atoms with E-state index in [1.165, 1.54) is 16.2 Å². The summed E-state index contributed by atoms with van der Waals surface area (Å²) < 4.78 is 37.2. The van der Waals surface area contributed by atoms with Crippen molar-refractivity contribution in [3.05, 3.63) is 11.1 Å². The lowest BCUT2D eigenvalue weighted by atomic mass is 10.2. The van der Waals surface area contributed by atoms with Gasteiger partial charge in [0.2, 0.25) is 0 Å². The molecule has 1 aliphatic heterocycles. The van der Waals surface area contributed by atoms with E-state index in [1.54, 1.807) is 6.20 Å². The van der Waals surface area contributed by atoms with Gasteiger partial charge < -0.3 is 5.73 Å². The molecule has 1 aromatic rings. The van der Waals surface area contributed by atoms with Gasteiger partial charge in [-0.2, -0.15) is 13.2 Å². The Kier molecular flexibility index (Phi) is 4.32. The first kappa shape index (κ1) is 14.5. The van der Waals surface area contributed by atoms with E-state index in [0.717, 1.165) is 4.88 Å². The maximum atomic E-state index is 12.4. The quantitative estimate of drug-likeness (QED) is 0.923. The Morgan fingerprint density at radius 1 is 1.47 bits per heavy atom. The number of aromatic nitrogens is 1. The highest BCUT2D eigenvalue weighted by atomic mass is 32.1. The fourth-order valence-electron chi connectivity index (χ4n) is 2.30. The summed E-state index contributed by atoms with van der Waals surface area (Å²) in [5, 5.41) is 0.527. The maximum Gasteiger partial charge on any atom is 0.401 e. The molecule has 2 N–H and O–H groups in total. The summed E-state index contributed by atoms with van der Waals surface area (Å²) in [6.45, 7) is 3.43. The third-order valence-electron chi connectivity index (χ3n) is 3.18. The van der Waals surface area contributed by atoms with Crippen molar-refractivity contribution in [2.24, 2.45) is 0 Å². The molecule has 0 spiro atoms. The monoisotopic (exact) mass is 294 g/mol. The first-order chi connectivity index (χ1) is 8.83. The van der Waals surface area contributed by atoms with Crippen LogP contribution in [-0.2, 0) is 6.54 Å². The predicted octanol–water partition coefficient (Wildman–Crippen LogP) is 1.79. The molecule has 8 heteroatoms. The fraction of sp³-hybridized carbons (Fsp3) is 0.727. The average Bonchev–Trinajstić information content (AvgIpc) is 2.66. The van der Waals surface area contributed by atoms with Crippen molar-refractivity contribution in [3.63, 3.8) is 0 Å². The average molecular weight is 294 g/mol. The largest absolute Gasteiger partial charge is 0.401 e. The Morgan fingerprint density at radius 3 is 2.74 bits per heavy atom. The number of hydrogen-bond acceptors (Lipinski definition) is 5. The van der Waals surface area contributed by atoms with Gasteiger partial charge in [0.15, 0.2) is 5.13 Å². The highest BCUT2D eigenvalue weighted by molar-refractivity contribution is 7.15. The summed E-state index contributed by atoms with van der Waals surface area (Å²) in [5.41, 5.74) is 5.56. The van der Waals surface area contributed by atoms with Crippen molar-refractivity contribution >= 4 is 16.5 Å². The number of rotatable bonds is 3. The lowest BCUT2D eigenvalue weighted by Gasteiger charge is -2.39. The molecule has 1 unspecified atom stereocenters. The Morgan fingerprint density at radius 2 is 2.21 bits per heavy atom. The Bertz CT molecular complexity index is 420. The minimum atomic E-state index is -4.12. The van der Waals surface area contributed by atoms with Gasteiger partial charge in [-0.25, -0.2) is 4.98 Å². The van der Waals surface area contributed by atoms with E-state index >= 15 is 0 Å². The van der Waals surface area contributed by atoms with Crippen LogP contribution in [0.1, 0.15) is 11.8 Å². The number of halogens is 3. The van der Waals surface area contributed by atoms with Gasteiger partial charge >= 0.3 is 6.18 Å². The molecule has 0 aromatic carbocycles. The molecule has 1 saturated heterocycles. The van der Waals surface area contributed by atoms with E-state index in [-0.39, 0.29) is 6.04 Å². The highest BCUT2D eigenvalue weighted by Crippen LogP contribution is 2.22. The molecular weight excluding hydrogens is 277 g/mol. The SMILES string of the molecule is CC1CN(Cc2cnc(N)s2)CCN1CC(F)(F)F. The van der Waals surface area contributed by atoms with Crippen LogP contribution in [0.3, 0.4) is 0 Å². The fourth-order valence-corrected chi connectivity index (χ4v) is 3.02. The lowest BCUT2D eigenvalue weighted by molar-refractivity contribution is -0.155. The van der Waals surface area contributed by atoms with Crippen molar-refractivity contribution < 1.29 is 13.2 Å². The van der Waals surface area contributed by atoms with E-state index in [4.69, 9.17) is 5.73 Å². The third kappa shape index (κ3) is 4.32. The van der Waals surface area contributed by atoms with E-state index in [1.807, 2.05) is 6.92 Å². The summed E-state index contributed by atoms with van der Waals surface area (Å²) in [5.74, 6) is 0.